The number of anilines is 2. The van der Waals surface area contributed by atoms with Gasteiger partial charge >= 0.3 is 0 Å². The molecular formula is C14H20N4OS2. The lowest BCUT2D eigenvalue weighted by Crippen LogP contribution is -2.37. The maximum Gasteiger partial charge on any atom is 0.240 e. The van der Waals surface area contributed by atoms with Crippen molar-refractivity contribution >= 4 is 50.0 Å². The first-order chi connectivity index (χ1) is 9.99. The Hall–Kier alpha value is -1.31. The molecule has 1 heterocycles. The molecule has 0 saturated heterocycles. The van der Waals surface area contributed by atoms with Gasteiger partial charge in [0.05, 0.1) is 16.8 Å². The van der Waals surface area contributed by atoms with Crippen molar-refractivity contribution in [2.24, 2.45) is 0 Å². The van der Waals surface area contributed by atoms with Crippen molar-refractivity contribution < 1.29 is 4.79 Å². The molecule has 1 aromatic heterocycles. The van der Waals surface area contributed by atoms with E-state index in [0.717, 1.165) is 16.0 Å². The highest BCUT2D eigenvalue weighted by molar-refractivity contribution is 7.98. The van der Waals surface area contributed by atoms with Crippen LogP contribution in [0.25, 0.3) is 10.2 Å². The van der Waals surface area contributed by atoms with Crippen molar-refractivity contribution in [1.82, 2.24) is 9.88 Å². The molecule has 114 valence electrons. The molecule has 7 heteroatoms. The van der Waals surface area contributed by atoms with E-state index in [4.69, 9.17) is 5.73 Å². The van der Waals surface area contributed by atoms with Gasteiger partial charge in [0.2, 0.25) is 5.91 Å². The first-order valence-electron chi connectivity index (χ1n) is 6.64. The second-order valence-electron chi connectivity index (χ2n) is 5.01. The molecule has 1 aromatic carbocycles. The van der Waals surface area contributed by atoms with Crippen LogP contribution in [0, 0.1) is 0 Å². The SMILES string of the molecule is CSCC(C)N(C)CC(=O)Nc1nc2ccc(N)cc2s1. The predicted octanol–water partition coefficient (Wildman–Crippen LogP) is 2.50. The zero-order chi connectivity index (χ0) is 15.4. The van der Waals surface area contributed by atoms with E-state index >= 15 is 0 Å². The van der Waals surface area contributed by atoms with E-state index in [1.807, 2.05) is 30.1 Å². The van der Waals surface area contributed by atoms with Crippen LogP contribution in [0.1, 0.15) is 6.92 Å². The molecule has 2 rings (SSSR count). The third-order valence-corrected chi connectivity index (χ3v) is 4.96. The smallest absolute Gasteiger partial charge is 0.240 e. The van der Waals surface area contributed by atoms with Gasteiger partial charge in [-0.1, -0.05) is 11.3 Å². The fourth-order valence-corrected chi connectivity index (χ4v) is 3.57. The zero-order valence-electron chi connectivity index (χ0n) is 12.4. The van der Waals surface area contributed by atoms with Gasteiger partial charge in [-0.25, -0.2) is 4.98 Å². The minimum atomic E-state index is -0.0440. The Bertz CT molecular complexity index is 628. The van der Waals surface area contributed by atoms with Gasteiger partial charge in [-0.15, -0.1) is 0 Å². The second kappa shape index (κ2) is 7.11. The van der Waals surface area contributed by atoms with E-state index in [-0.39, 0.29) is 5.91 Å². The molecule has 5 nitrogen and oxygen atoms in total. The predicted molar refractivity (Wildman–Crippen MR) is 93.1 cm³/mol. The number of aromatic nitrogens is 1. The third-order valence-electron chi connectivity index (χ3n) is 3.21. The molecule has 3 N–H and O–H groups in total. The summed E-state index contributed by atoms with van der Waals surface area (Å²) in [6, 6.07) is 5.91. The summed E-state index contributed by atoms with van der Waals surface area (Å²) >= 11 is 3.22. The fraction of sp³-hybridized carbons (Fsp3) is 0.429. The Morgan fingerprint density at radius 2 is 2.33 bits per heavy atom. The van der Waals surface area contributed by atoms with Crippen LogP contribution in [0.15, 0.2) is 18.2 Å². The van der Waals surface area contributed by atoms with Crippen molar-refractivity contribution in [2.75, 3.05) is 36.7 Å². The average Bonchev–Trinajstić information content (AvgIpc) is 2.79. The van der Waals surface area contributed by atoms with Crippen LogP contribution >= 0.6 is 23.1 Å². The summed E-state index contributed by atoms with van der Waals surface area (Å²) in [5, 5.41) is 3.48. The number of nitrogens with two attached hydrogens (primary N) is 1. The number of carbonyl (C=O) groups is 1. The normalized spacial score (nSPS) is 12.8. The van der Waals surface area contributed by atoms with Gasteiger partial charge < -0.3 is 11.1 Å². The number of thiazole rings is 1. The summed E-state index contributed by atoms with van der Waals surface area (Å²) in [6.07, 6.45) is 2.07. The standard InChI is InChI=1S/C14H20N4OS2/c1-9(8-20-3)18(2)7-13(19)17-14-16-11-5-4-10(15)6-12(11)21-14/h4-6,9H,7-8,15H2,1-3H3,(H,16,17,19). The van der Waals surface area contributed by atoms with Crippen LogP contribution in [-0.4, -0.2) is 47.4 Å². The zero-order valence-corrected chi connectivity index (χ0v) is 14.1. The molecule has 1 atom stereocenters. The Balaban J connectivity index is 1.98. The van der Waals surface area contributed by atoms with E-state index in [0.29, 0.717) is 23.4 Å². The Morgan fingerprint density at radius 1 is 1.57 bits per heavy atom. The van der Waals surface area contributed by atoms with Crippen LogP contribution in [0.4, 0.5) is 10.8 Å². The number of hydrogen-bond acceptors (Lipinski definition) is 6. The lowest BCUT2D eigenvalue weighted by Gasteiger charge is -2.22. The molecule has 1 amide bonds. The maximum atomic E-state index is 12.1. The number of likely N-dealkylation sites (N-methyl/N-ethyl adjacent to an activating group) is 1. The number of amides is 1. The summed E-state index contributed by atoms with van der Waals surface area (Å²) < 4.78 is 0.981. The molecule has 0 aliphatic carbocycles. The summed E-state index contributed by atoms with van der Waals surface area (Å²) in [4.78, 5) is 18.5. The highest BCUT2D eigenvalue weighted by atomic mass is 32.2. The lowest BCUT2D eigenvalue weighted by molar-refractivity contribution is -0.117. The number of nitrogen functional groups attached to an aromatic ring is 1. The second-order valence-corrected chi connectivity index (χ2v) is 6.96. The van der Waals surface area contributed by atoms with Crippen molar-refractivity contribution in [3.05, 3.63) is 18.2 Å². The number of fused-ring (bicyclic) bond motifs is 1. The largest absolute Gasteiger partial charge is 0.399 e. The van der Waals surface area contributed by atoms with Crippen LogP contribution < -0.4 is 11.1 Å². The highest BCUT2D eigenvalue weighted by Gasteiger charge is 2.14. The molecule has 1 unspecified atom stereocenters. The molecule has 0 saturated carbocycles. The number of benzene rings is 1. The number of nitrogens with one attached hydrogen (secondary N) is 1. The quantitative estimate of drug-likeness (QED) is 0.799. The summed E-state index contributed by atoms with van der Waals surface area (Å²) in [7, 11) is 1.96. The summed E-state index contributed by atoms with van der Waals surface area (Å²) in [5.41, 5.74) is 7.30. The van der Waals surface area contributed by atoms with Gasteiger partial charge in [-0.05, 0) is 38.4 Å². The number of hydrogen-bond donors (Lipinski definition) is 2. The number of thioether (sulfide) groups is 1. The Labute approximate surface area is 132 Å². The molecule has 21 heavy (non-hydrogen) atoms. The van der Waals surface area contributed by atoms with E-state index in [2.05, 4.69) is 23.5 Å². The molecular weight excluding hydrogens is 304 g/mol. The lowest BCUT2D eigenvalue weighted by atomic mass is 10.3. The average molecular weight is 324 g/mol. The molecule has 0 bridgehead atoms. The van der Waals surface area contributed by atoms with Gasteiger partial charge in [-0.2, -0.15) is 11.8 Å². The first-order valence-corrected chi connectivity index (χ1v) is 8.85. The van der Waals surface area contributed by atoms with E-state index < -0.39 is 0 Å². The van der Waals surface area contributed by atoms with Crippen LogP contribution in [0.3, 0.4) is 0 Å². The maximum absolute atomic E-state index is 12.1. The van der Waals surface area contributed by atoms with Crippen LogP contribution in [0.2, 0.25) is 0 Å². The van der Waals surface area contributed by atoms with Crippen molar-refractivity contribution in [1.29, 1.82) is 0 Å². The van der Waals surface area contributed by atoms with Crippen molar-refractivity contribution in [3.8, 4) is 0 Å². The minimum Gasteiger partial charge on any atom is -0.399 e. The highest BCUT2D eigenvalue weighted by Crippen LogP contribution is 2.27. The fourth-order valence-electron chi connectivity index (χ4n) is 1.90. The van der Waals surface area contributed by atoms with Gasteiger partial charge in [-0.3, -0.25) is 9.69 Å². The van der Waals surface area contributed by atoms with Gasteiger partial charge in [0.1, 0.15) is 0 Å². The van der Waals surface area contributed by atoms with Gasteiger partial charge in [0, 0.05) is 17.5 Å². The molecule has 0 aliphatic rings. The van der Waals surface area contributed by atoms with Crippen molar-refractivity contribution in [2.45, 2.75) is 13.0 Å². The Kier molecular flexibility index (Phi) is 5.44. The van der Waals surface area contributed by atoms with Crippen molar-refractivity contribution in [3.63, 3.8) is 0 Å². The molecule has 0 spiro atoms. The topological polar surface area (TPSA) is 71.2 Å². The number of rotatable bonds is 6. The monoisotopic (exact) mass is 324 g/mol. The minimum absolute atomic E-state index is 0.0440. The number of nitrogens with zero attached hydrogens (tertiary/aromatic N) is 2. The Morgan fingerprint density at radius 3 is 3.05 bits per heavy atom. The van der Waals surface area contributed by atoms with E-state index in [1.165, 1.54) is 11.3 Å². The van der Waals surface area contributed by atoms with Crippen LogP contribution in [-0.2, 0) is 4.79 Å². The molecule has 0 fully saturated rings. The van der Waals surface area contributed by atoms with Gasteiger partial charge in [0.25, 0.3) is 0 Å². The first kappa shape index (κ1) is 16.1. The summed E-state index contributed by atoms with van der Waals surface area (Å²) in [5.74, 6) is 0.960. The third kappa shape index (κ3) is 4.33. The molecule has 0 radical (unpaired) electrons. The van der Waals surface area contributed by atoms with Gasteiger partial charge in [0.15, 0.2) is 5.13 Å². The molecule has 2 aromatic rings. The van der Waals surface area contributed by atoms with Crippen LogP contribution in [0.5, 0.6) is 0 Å². The van der Waals surface area contributed by atoms with E-state index in [9.17, 15) is 4.79 Å². The summed E-state index contributed by atoms with van der Waals surface area (Å²) in [6.45, 7) is 2.48. The molecule has 0 aliphatic heterocycles. The van der Waals surface area contributed by atoms with E-state index in [1.54, 1.807) is 11.8 Å². The number of carbonyl (C=O) groups excluding carboxylic acids is 1.